The predicted octanol–water partition coefficient (Wildman–Crippen LogP) is -1.47. The molecule has 0 rings (SSSR count). The van der Waals surface area contributed by atoms with E-state index in [1.807, 2.05) is 0 Å². The van der Waals surface area contributed by atoms with Crippen LogP contribution in [0.3, 0.4) is 0 Å². The molecule has 106 valence electrons. The van der Waals surface area contributed by atoms with E-state index >= 15 is 0 Å². The Morgan fingerprint density at radius 3 is 1.35 bits per heavy atom. The molecule has 0 unspecified atom stereocenters. The molecule has 0 saturated carbocycles. The second kappa shape index (κ2) is 13.8. The number of aliphatic hydroxyl groups is 2. The zero-order valence-corrected chi connectivity index (χ0v) is 10.8. The van der Waals surface area contributed by atoms with Crippen molar-refractivity contribution in [2.75, 3.05) is 53.9 Å². The van der Waals surface area contributed by atoms with Crippen LogP contribution >= 0.6 is 0 Å². The monoisotopic (exact) mass is 276 g/mol. The van der Waals surface area contributed by atoms with Crippen molar-refractivity contribution in [2.24, 2.45) is 0 Å². The molecule has 17 heavy (non-hydrogen) atoms. The van der Waals surface area contributed by atoms with Gasteiger partial charge in [0.15, 0.2) is 0 Å². The third-order valence-corrected chi connectivity index (χ3v) is 2.07. The van der Waals surface area contributed by atoms with Gasteiger partial charge in [0, 0.05) is 0 Å². The molecule has 0 aromatic carbocycles. The summed E-state index contributed by atoms with van der Waals surface area (Å²) in [7, 11) is -1.60. The van der Waals surface area contributed by atoms with E-state index in [9.17, 15) is 8.42 Å². The van der Waals surface area contributed by atoms with Gasteiger partial charge in [-0.2, -0.15) is 8.42 Å². The maximum atomic E-state index is 9.92. The summed E-state index contributed by atoms with van der Waals surface area (Å²) in [5.74, 6) is 0. The first-order valence-electron chi connectivity index (χ1n) is 4.77. The van der Waals surface area contributed by atoms with Gasteiger partial charge in [-0.1, -0.05) is 0 Å². The van der Waals surface area contributed by atoms with Crippen molar-refractivity contribution >= 4 is 10.4 Å². The zero-order valence-electron chi connectivity index (χ0n) is 9.99. The lowest BCUT2D eigenvalue weighted by atomic mass is 10.7. The smallest absolute Gasteiger partial charge is 0.394 e. The summed E-state index contributed by atoms with van der Waals surface area (Å²) in [6, 6.07) is 0. The number of rotatable bonds is 9. The lowest BCUT2D eigenvalue weighted by Crippen LogP contribution is -2.09. The Morgan fingerprint density at radius 1 is 0.824 bits per heavy atom. The third-order valence-electron chi connectivity index (χ3n) is 1.25. The van der Waals surface area contributed by atoms with Crippen LogP contribution in [0.2, 0.25) is 0 Å². The van der Waals surface area contributed by atoms with Gasteiger partial charge in [-0.25, -0.2) is 0 Å². The molecule has 9 heteroatoms. The van der Waals surface area contributed by atoms with Gasteiger partial charge in [0.1, 0.15) is 0 Å². The van der Waals surface area contributed by atoms with Gasteiger partial charge in [-0.3, -0.25) is 8.37 Å². The van der Waals surface area contributed by atoms with Gasteiger partial charge in [0.2, 0.25) is 0 Å². The van der Waals surface area contributed by atoms with Crippen LogP contribution in [0.1, 0.15) is 0 Å². The lowest BCUT2D eigenvalue weighted by molar-refractivity contribution is 0.0222. The summed E-state index contributed by atoms with van der Waals surface area (Å²) in [6.45, 7) is 1.73. The first-order valence-corrected chi connectivity index (χ1v) is 6.10. The lowest BCUT2D eigenvalue weighted by Gasteiger charge is -2.01. The van der Waals surface area contributed by atoms with E-state index in [4.69, 9.17) is 19.7 Å². The highest BCUT2D eigenvalue weighted by molar-refractivity contribution is 7.81. The Bertz CT molecular complexity index is 210. The van der Waals surface area contributed by atoms with Gasteiger partial charge >= 0.3 is 10.4 Å². The van der Waals surface area contributed by atoms with Gasteiger partial charge < -0.3 is 19.7 Å². The average Bonchev–Trinajstić information content (AvgIpc) is 2.34. The molecule has 0 aliphatic carbocycles. The first kappa shape index (κ1) is 19.1. The predicted molar refractivity (Wildman–Crippen MR) is 58.7 cm³/mol. The molecule has 0 spiro atoms. The summed E-state index contributed by atoms with van der Waals surface area (Å²) >= 11 is 0. The highest BCUT2D eigenvalue weighted by Crippen LogP contribution is 1.85. The zero-order chi connectivity index (χ0) is 13.6. The van der Waals surface area contributed by atoms with Crippen LogP contribution in [-0.4, -0.2) is 72.5 Å². The van der Waals surface area contributed by atoms with Crippen molar-refractivity contribution in [2.45, 2.75) is 0 Å². The van der Waals surface area contributed by atoms with Crippen LogP contribution in [0.15, 0.2) is 0 Å². The summed E-state index contributed by atoms with van der Waals surface area (Å²) < 4.78 is 37.3. The normalized spacial score (nSPS) is 10.8. The maximum Gasteiger partial charge on any atom is 0.399 e. The summed E-state index contributed by atoms with van der Waals surface area (Å²) in [4.78, 5) is 0. The van der Waals surface area contributed by atoms with E-state index in [1.165, 1.54) is 0 Å². The van der Waals surface area contributed by atoms with Crippen LogP contribution in [0, 0.1) is 0 Å². The van der Waals surface area contributed by atoms with Crippen molar-refractivity contribution in [1.29, 1.82) is 0 Å². The van der Waals surface area contributed by atoms with E-state index < -0.39 is 10.4 Å². The van der Waals surface area contributed by atoms with E-state index in [0.717, 1.165) is 14.2 Å². The van der Waals surface area contributed by atoms with Crippen LogP contribution in [-0.2, 0) is 28.2 Å². The summed E-state index contributed by atoms with van der Waals surface area (Å²) in [5, 5.41) is 16.5. The molecule has 0 aromatic heterocycles. The molecule has 2 N–H and O–H groups in total. The van der Waals surface area contributed by atoms with E-state index in [2.05, 4.69) is 8.37 Å². The van der Waals surface area contributed by atoms with Crippen LogP contribution < -0.4 is 0 Å². The standard InChI is InChI=1S/C6H14O4.C2H6O4S/c7-1-3-9-5-6-10-4-2-8;1-5-7(3,4)6-2/h7-8H,1-6H2;1-2H3. The minimum atomic E-state index is -3.66. The number of aliphatic hydroxyl groups excluding tert-OH is 2. The molecule has 0 amide bonds. The van der Waals surface area contributed by atoms with Crippen LogP contribution in [0.4, 0.5) is 0 Å². The van der Waals surface area contributed by atoms with Gasteiger partial charge in [-0.05, 0) is 0 Å². The van der Waals surface area contributed by atoms with Crippen molar-refractivity contribution in [1.82, 2.24) is 0 Å². The minimum Gasteiger partial charge on any atom is -0.394 e. The molecule has 0 radical (unpaired) electrons. The van der Waals surface area contributed by atoms with E-state index in [0.29, 0.717) is 26.4 Å². The Balaban J connectivity index is 0. The highest BCUT2D eigenvalue weighted by Gasteiger charge is 2.01. The fourth-order valence-corrected chi connectivity index (χ4v) is 0.655. The minimum absolute atomic E-state index is 0.0417. The number of hydrogen-bond acceptors (Lipinski definition) is 8. The fraction of sp³-hybridized carbons (Fsp3) is 1.00. The SMILES string of the molecule is COS(=O)(=O)OC.OCCOCCOCCO. The highest BCUT2D eigenvalue weighted by atomic mass is 32.3. The van der Waals surface area contributed by atoms with Crippen molar-refractivity contribution in [3.8, 4) is 0 Å². The molecule has 0 atom stereocenters. The number of ether oxygens (including phenoxy) is 2. The Kier molecular flexibility index (Phi) is 15.4. The maximum absolute atomic E-state index is 9.92. The molecular formula is C8H20O8S. The van der Waals surface area contributed by atoms with Gasteiger partial charge in [0.25, 0.3) is 0 Å². The van der Waals surface area contributed by atoms with Crippen LogP contribution in [0.25, 0.3) is 0 Å². The van der Waals surface area contributed by atoms with E-state index in [1.54, 1.807) is 0 Å². The molecule has 0 saturated heterocycles. The second-order valence-electron chi connectivity index (χ2n) is 2.41. The largest absolute Gasteiger partial charge is 0.399 e. The molecule has 0 fully saturated rings. The summed E-state index contributed by atoms with van der Waals surface area (Å²) in [5.41, 5.74) is 0. The van der Waals surface area contributed by atoms with E-state index in [-0.39, 0.29) is 13.2 Å². The molecule has 0 aromatic rings. The van der Waals surface area contributed by atoms with Gasteiger partial charge in [0.05, 0.1) is 53.9 Å². The van der Waals surface area contributed by atoms with Crippen molar-refractivity contribution in [3.63, 3.8) is 0 Å². The molecule has 0 heterocycles. The Labute approximate surface area is 101 Å². The number of hydrogen-bond donors (Lipinski definition) is 2. The molecule has 0 aliphatic rings. The molecule has 0 aliphatic heterocycles. The second-order valence-corrected chi connectivity index (χ2v) is 3.90. The fourth-order valence-electron chi connectivity index (χ4n) is 0.519. The topological polar surface area (TPSA) is 112 Å². The van der Waals surface area contributed by atoms with Crippen LogP contribution in [0.5, 0.6) is 0 Å². The Hall–Kier alpha value is -0.290. The average molecular weight is 276 g/mol. The Morgan fingerprint density at radius 2 is 1.18 bits per heavy atom. The van der Waals surface area contributed by atoms with Crippen molar-refractivity contribution < 1.29 is 36.5 Å². The molecule has 0 bridgehead atoms. The summed E-state index contributed by atoms with van der Waals surface area (Å²) in [6.07, 6.45) is 0. The third kappa shape index (κ3) is 18.3. The quantitative estimate of drug-likeness (QED) is 0.491. The molecule has 8 nitrogen and oxygen atoms in total. The first-order chi connectivity index (χ1) is 8.04. The van der Waals surface area contributed by atoms with Gasteiger partial charge in [-0.15, -0.1) is 0 Å². The molecular weight excluding hydrogens is 256 g/mol. The van der Waals surface area contributed by atoms with Crippen molar-refractivity contribution in [3.05, 3.63) is 0 Å².